The minimum atomic E-state index is -5.82. The molecule has 0 saturated heterocycles. The summed E-state index contributed by atoms with van der Waals surface area (Å²) in [5.74, 6) is -6.05. The van der Waals surface area contributed by atoms with Gasteiger partial charge in [0.2, 0.25) is 5.91 Å². The molecule has 7 atom stereocenters. The number of carbonyl (C=O) groups is 4. The highest BCUT2D eigenvalue weighted by Crippen LogP contribution is 2.59. The van der Waals surface area contributed by atoms with Crippen LogP contribution < -0.4 is 16.0 Å². The fraction of sp³-hybridized carbons (Fsp3) is 0.887. The lowest BCUT2D eigenvalue weighted by Gasteiger charge is -2.36. The molecular formula is C80H129F18N8O29P5. The van der Waals surface area contributed by atoms with Crippen LogP contribution in [0.4, 0.5) is 79.0 Å². The highest BCUT2D eigenvalue weighted by atomic mass is 31.2. The van der Waals surface area contributed by atoms with E-state index in [-0.39, 0.29) is 64.8 Å². The van der Waals surface area contributed by atoms with Gasteiger partial charge in [-0.15, -0.1) is 0 Å². The van der Waals surface area contributed by atoms with E-state index in [2.05, 4.69) is 5.32 Å². The molecule has 0 heterocycles. The first-order valence-corrected chi connectivity index (χ1v) is 52.2. The topological polar surface area (TPSA) is 515 Å². The van der Waals surface area contributed by atoms with E-state index in [1.807, 2.05) is 0 Å². The largest absolute Gasteiger partial charge is 0.475 e. The molecule has 7 unspecified atom stereocenters. The number of phosphoric acid groups is 5. The average molecular weight is 2160 g/mol. The molecule has 3 amide bonds. The van der Waals surface area contributed by atoms with E-state index in [0.29, 0.717) is 51.5 Å². The van der Waals surface area contributed by atoms with Gasteiger partial charge in [0.05, 0.1) is 188 Å². The maximum atomic E-state index is 15.8. The molecule has 0 bridgehead atoms. The van der Waals surface area contributed by atoms with Crippen LogP contribution in [0, 0.1) is 72.9 Å². The molecule has 0 rings (SSSR count). The molecule has 0 aliphatic rings. The molecule has 0 radical (unpaired) electrons. The number of hydrogen-bond acceptors (Lipinski definition) is 34. The minimum absolute atomic E-state index is 0.00386. The lowest BCUT2D eigenvalue weighted by atomic mass is 9.75. The van der Waals surface area contributed by atoms with E-state index < -0.39 is 389 Å². The summed E-state index contributed by atoms with van der Waals surface area (Å²) in [5, 5.41) is 72.3. The first-order valence-electron chi connectivity index (χ1n) is 44.9. The van der Waals surface area contributed by atoms with Gasteiger partial charge < -0.3 is 40.4 Å². The number of hydrogen-bond donors (Lipinski definition) is 5. The summed E-state index contributed by atoms with van der Waals surface area (Å²) < 4.78 is 425. The fourth-order valence-electron chi connectivity index (χ4n) is 12.5. The summed E-state index contributed by atoms with van der Waals surface area (Å²) in [7, 11) is -27.0. The van der Waals surface area contributed by atoms with Crippen LogP contribution in [0.5, 0.6) is 0 Å². The van der Waals surface area contributed by atoms with Crippen molar-refractivity contribution in [3.8, 4) is 30.3 Å². The SMILES string of the molecule is CCNC(=O)CCC(=O)OCCCCCCOP(=O)(OCCC#N)OCC(C)(COP(=O)(OCCC#N)OC(COCC(CCCNC(=O)C(F)(F)F)(CCCC(F)(F)F)CCCC(F)(F)F)COP(=O)(OCCC#N)OCCCCCCO)COP(=O)(OCCC#N)OC(COCC(CCCNC(=O)C(F)(F)F)(CCCC(F)(F)F)CCCC(F)(F)F)COP(=O)(OCCC#N)OCCCCCCO. The van der Waals surface area contributed by atoms with Crippen LogP contribution in [0.15, 0.2) is 0 Å². The fourth-order valence-corrected chi connectivity index (χ4v) is 19.2. The van der Waals surface area contributed by atoms with Crippen LogP contribution in [0.25, 0.3) is 0 Å². The lowest BCUT2D eigenvalue weighted by molar-refractivity contribution is -0.173. The smallest absolute Gasteiger partial charge is 0.466 e. The molecule has 0 spiro atoms. The van der Waals surface area contributed by atoms with E-state index in [1.54, 1.807) is 47.9 Å². The maximum Gasteiger partial charge on any atom is 0.475 e. The van der Waals surface area contributed by atoms with Gasteiger partial charge in [-0.25, -0.2) is 22.8 Å². The summed E-state index contributed by atoms with van der Waals surface area (Å²) >= 11 is 0. The Labute approximate surface area is 801 Å². The van der Waals surface area contributed by atoms with Gasteiger partial charge in [0.1, 0.15) is 12.2 Å². The Morgan fingerprint density at radius 3 is 0.893 bits per heavy atom. The van der Waals surface area contributed by atoms with Crippen molar-refractivity contribution >= 4 is 62.8 Å². The first kappa shape index (κ1) is 134. The van der Waals surface area contributed by atoms with E-state index >= 15 is 9.13 Å². The third-order valence-electron chi connectivity index (χ3n) is 19.5. The van der Waals surface area contributed by atoms with Crippen molar-refractivity contribution in [1.29, 1.82) is 26.3 Å². The number of halogens is 18. The monoisotopic (exact) mass is 2160 g/mol. The second kappa shape index (κ2) is 71.9. The number of ether oxygens (including phenoxy) is 3. The molecule has 0 aromatic carbocycles. The predicted molar refractivity (Wildman–Crippen MR) is 456 cm³/mol. The van der Waals surface area contributed by atoms with E-state index in [1.165, 1.54) is 0 Å². The number of amides is 3. The van der Waals surface area contributed by atoms with E-state index in [0.717, 1.165) is 6.92 Å². The standard InChI is InChI=1S/C80H129F18N8O29P5/c1-3-104-68(109)27-28-69(110)120-48-12-8-9-15-51-123-138(115,126-54-24-41-101)131-61-72(2,62-132-139(116,127-55-25-42-102)134-66(59-129-136(113,124-52-22-39-99)121-49-13-6-4-10-46-107)57-118-64-73(29-16-35-75(81,82)83,30-17-36-76(84,85)86)33-20-44-105-70(111)79(93,94)95)63-133-140(117,128-56-26-43-103)135-67(60-130-137(114,125-53-23-40-100)122-50-14-7-5-11-47-108)58-119-65-74(31-18-37-77(87,88)89,32-19-38-78(90,91)92)34-21-45-106-71(112)80(96,97)98/h66-67,107-108H,3-38,44-65H2,1-2H3,(H,104,109)(H,105,111)(H,106,112). The van der Waals surface area contributed by atoms with Crippen LogP contribution >= 0.6 is 39.1 Å². The third kappa shape index (κ3) is 71.1. The summed E-state index contributed by atoms with van der Waals surface area (Å²) in [6.07, 6.45) is -50.8. The second-order valence-corrected chi connectivity index (χ2v) is 40.4. The van der Waals surface area contributed by atoms with Crippen LogP contribution in [0.1, 0.15) is 239 Å². The summed E-state index contributed by atoms with van der Waals surface area (Å²) in [5.41, 5.74) is -6.34. The maximum absolute atomic E-state index is 15.8. The number of rotatable bonds is 88. The van der Waals surface area contributed by atoms with Gasteiger partial charge in [0.15, 0.2) is 0 Å². The summed E-state index contributed by atoms with van der Waals surface area (Å²) in [6, 6.07) is 8.43. The highest BCUT2D eigenvalue weighted by molar-refractivity contribution is 7.49. The zero-order chi connectivity index (χ0) is 106. The van der Waals surface area contributed by atoms with Crippen LogP contribution in [-0.4, -0.2) is 235 Å². The van der Waals surface area contributed by atoms with Crippen molar-refractivity contribution in [2.45, 2.75) is 288 Å². The lowest BCUT2D eigenvalue weighted by Crippen LogP contribution is -2.38. The Balaban J connectivity index is 9.38. The van der Waals surface area contributed by atoms with Crippen molar-refractivity contribution < 1.29 is 213 Å². The molecule has 60 heteroatoms. The molecule has 0 aliphatic carbocycles. The van der Waals surface area contributed by atoms with Crippen molar-refractivity contribution in [2.75, 3.05) is 152 Å². The zero-order valence-corrected chi connectivity index (χ0v) is 82.3. The zero-order valence-electron chi connectivity index (χ0n) is 77.9. The van der Waals surface area contributed by atoms with E-state index in [9.17, 15) is 148 Å². The van der Waals surface area contributed by atoms with Crippen molar-refractivity contribution in [3.05, 3.63) is 0 Å². The van der Waals surface area contributed by atoms with Gasteiger partial charge in [-0.1, -0.05) is 39.0 Å². The second-order valence-electron chi connectivity index (χ2n) is 32.1. The Hall–Kier alpha value is -5.54. The molecule has 0 aromatic heterocycles. The van der Waals surface area contributed by atoms with Gasteiger partial charge in [-0.3, -0.25) is 87.0 Å². The van der Waals surface area contributed by atoms with Crippen molar-refractivity contribution in [1.82, 2.24) is 16.0 Å². The molecule has 0 saturated carbocycles. The normalized spacial score (nSPS) is 15.6. The number of carbonyl (C=O) groups excluding carboxylic acids is 4. The number of esters is 1. The number of unbranched alkanes of at least 4 members (excludes halogenated alkanes) is 9. The molecule has 37 nitrogen and oxygen atoms in total. The van der Waals surface area contributed by atoms with Crippen molar-refractivity contribution in [3.63, 3.8) is 0 Å². The number of aliphatic hydroxyl groups excluding tert-OH is 2. The Kier molecular flexibility index (Phi) is 69.1. The number of nitrogens with zero attached hydrogens (tertiary/aromatic N) is 5. The Morgan fingerprint density at radius 1 is 0.321 bits per heavy atom. The number of phosphoric ester groups is 5. The van der Waals surface area contributed by atoms with Gasteiger partial charge >= 0.3 is 94.0 Å². The quantitative estimate of drug-likeness (QED) is 0.0163. The summed E-state index contributed by atoms with van der Waals surface area (Å²) in [6.45, 7) is -16.3. The number of aliphatic hydroxyl groups is 2. The molecule has 0 fully saturated rings. The molecule has 0 aromatic rings. The van der Waals surface area contributed by atoms with Crippen molar-refractivity contribution in [2.24, 2.45) is 16.2 Å². The molecule has 5 N–H and O–H groups in total. The van der Waals surface area contributed by atoms with Gasteiger partial charge in [0, 0.05) is 70.4 Å². The van der Waals surface area contributed by atoms with Crippen LogP contribution in [0.2, 0.25) is 0 Å². The van der Waals surface area contributed by atoms with Gasteiger partial charge in [-0.05, 0) is 140 Å². The highest BCUT2D eigenvalue weighted by Gasteiger charge is 2.47. The number of alkyl halides is 18. The predicted octanol–water partition coefficient (Wildman–Crippen LogP) is 20.1. The van der Waals surface area contributed by atoms with E-state index in [4.69, 9.17) is 82.1 Å². The Bertz CT molecular complexity index is 3700. The average Bonchev–Trinajstić information content (AvgIpc) is 0.822. The van der Waals surface area contributed by atoms with Crippen LogP contribution in [-0.2, 0) is 124 Å². The Morgan fingerprint density at radius 2 is 0.600 bits per heavy atom. The minimum Gasteiger partial charge on any atom is -0.466 e. The third-order valence-corrected chi connectivity index (χ3v) is 26.8. The molecule has 0 aliphatic heterocycles. The number of nitriles is 5. The van der Waals surface area contributed by atoms with Gasteiger partial charge in [-0.2, -0.15) is 105 Å². The summed E-state index contributed by atoms with van der Waals surface area (Å²) in [4.78, 5) is 47.9. The molecular weight excluding hydrogens is 2030 g/mol. The molecule has 814 valence electrons. The number of nitrogens with one attached hydrogen (secondary N) is 3. The van der Waals surface area contributed by atoms with Crippen LogP contribution in [0.3, 0.4) is 0 Å². The van der Waals surface area contributed by atoms with Gasteiger partial charge in [0.25, 0.3) is 0 Å². The molecule has 140 heavy (non-hydrogen) atoms. The first-order chi connectivity index (χ1) is 65.5.